The number of aliphatic imine (C=N–C) groups is 2. The summed E-state index contributed by atoms with van der Waals surface area (Å²) in [5.41, 5.74) is 9.30. The van der Waals surface area contributed by atoms with Gasteiger partial charge in [-0.2, -0.15) is 0 Å². The number of para-hydroxylation sites is 1. The highest BCUT2D eigenvalue weighted by Crippen LogP contribution is 2.40. The van der Waals surface area contributed by atoms with Crippen LogP contribution in [-0.2, 0) is 0 Å². The summed E-state index contributed by atoms with van der Waals surface area (Å²) in [4.78, 5) is 10.6. The topological polar surface area (TPSA) is 49.9 Å². The van der Waals surface area contributed by atoms with Crippen LogP contribution in [0.25, 0.3) is 65.7 Å². The van der Waals surface area contributed by atoms with Crippen molar-refractivity contribution in [1.29, 1.82) is 0 Å². The third-order valence-corrected chi connectivity index (χ3v) is 9.90. The number of nitrogens with one attached hydrogen (secondary N) is 1. The Bertz CT molecular complexity index is 2830. The summed E-state index contributed by atoms with van der Waals surface area (Å²) in [6.45, 7) is 0. The first-order chi connectivity index (χ1) is 25.2. The van der Waals surface area contributed by atoms with Crippen molar-refractivity contribution in [1.82, 2.24) is 5.32 Å². The molecule has 1 atom stereocenters. The van der Waals surface area contributed by atoms with Crippen LogP contribution in [0, 0.1) is 0 Å². The Balaban J connectivity index is 1.13. The smallest absolute Gasteiger partial charge is 0.170 e. The van der Waals surface area contributed by atoms with E-state index < -0.39 is 6.17 Å². The van der Waals surface area contributed by atoms with E-state index in [2.05, 4.69) is 163 Å². The van der Waals surface area contributed by atoms with Crippen LogP contribution in [0.3, 0.4) is 0 Å². The van der Waals surface area contributed by atoms with Gasteiger partial charge in [0.1, 0.15) is 22.8 Å². The molecule has 2 heterocycles. The van der Waals surface area contributed by atoms with Crippen molar-refractivity contribution in [2.75, 3.05) is 0 Å². The Morgan fingerprint density at radius 1 is 0.431 bits per heavy atom. The summed E-state index contributed by atoms with van der Waals surface area (Å²) in [5, 5.41) is 10.4. The van der Waals surface area contributed by atoms with Crippen LogP contribution in [0.15, 0.2) is 190 Å². The van der Waals surface area contributed by atoms with E-state index in [4.69, 9.17) is 14.4 Å². The van der Waals surface area contributed by atoms with E-state index >= 15 is 0 Å². The van der Waals surface area contributed by atoms with Crippen molar-refractivity contribution in [2.24, 2.45) is 9.98 Å². The van der Waals surface area contributed by atoms with Crippen LogP contribution in [0.4, 0.5) is 0 Å². The van der Waals surface area contributed by atoms with Crippen LogP contribution in [0.5, 0.6) is 0 Å². The molecule has 1 aromatic heterocycles. The molecule has 8 aromatic carbocycles. The van der Waals surface area contributed by atoms with E-state index in [1.54, 1.807) is 0 Å². The molecule has 0 saturated heterocycles. The van der Waals surface area contributed by atoms with Crippen LogP contribution in [-0.4, -0.2) is 11.7 Å². The molecule has 0 fully saturated rings. The molecule has 1 unspecified atom stereocenters. The fraction of sp³-hybridized carbons (Fsp3) is 0.0213. The molecule has 0 amide bonds. The number of fused-ring (bicyclic) bond motifs is 5. The highest BCUT2D eigenvalue weighted by Gasteiger charge is 2.25. The summed E-state index contributed by atoms with van der Waals surface area (Å²) in [6.07, 6.45) is -0.497. The molecule has 0 bridgehead atoms. The van der Waals surface area contributed by atoms with Gasteiger partial charge < -0.3 is 9.73 Å². The van der Waals surface area contributed by atoms with E-state index in [9.17, 15) is 0 Å². The molecule has 0 aliphatic carbocycles. The molecule has 1 N–H and O–H groups in total. The molecular formula is C47H31N3O. The van der Waals surface area contributed by atoms with Crippen LogP contribution in [0.2, 0.25) is 0 Å². The zero-order valence-corrected chi connectivity index (χ0v) is 27.6. The Hall–Kier alpha value is -6.78. The second-order valence-electron chi connectivity index (χ2n) is 13.0. The van der Waals surface area contributed by atoms with Gasteiger partial charge in [0.15, 0.2) is 6.17 Å². The quantitative estimate of drug-likeness (QED) is 0.201. The lowest BCUT2D eigenvalue weighted by atomic mass is 9.98. The van der Waals surface area contributed by atoms with Gasteiger partial charge in [-0.1, -0.05) is 152 Å². The second kappa shape index (κ2) is 12.0. The molecule has 10 rings (SSSR count). The van der Waals surface area contributed by atoms with Crippen molar-refractivity contribution in [3.8, 4) is 22.3 Å². The third kappa shape index (κ3) is 5.17. The molecule has 9 aromatic rings. The average molecular weight is 654 g/mol. The molecule has 1 aliphatic rings. The Labute approximate surface area is 295 Å². The van der Waals surface area contributed by atoms with E-state index in [0.717, 1.165) is 72.2 Å². The monoisotopic (exact) mass is 653 g/mol. The van der Waals surface area contributed by atoms with Crippen molar-refractivity contribution < 1.29 is 4.42 Å². The Morgan fingerprint density at radius 3 is 1.73 bits per heavy atom. The van der Waals surface area contributed by atoms with Gasteiger partial charge in [0.25, 0.3) is 0 Å². The normalized spacial score (nSPS) is 14.5. The van der Waals surface area contributed by atoms with Crippen molar-refractivity contribution in [3.63, 3.8) is 0 Å². The number of benzene rings is 8. The summed E-state index contributed by atoms with van der Waals surface area (Å²) in [5.74, 6) is 1.56. The molecule has 0 saturated carbocycles. The SMILES string of the molecule is c1ccc(-c2ccc3cc(C4=NC(c5cccc6oc7c(-c8ccccc8)cccc7c56)N=C(c5ccc6ccccc6c5)N4)ccc3c2)cc1. The minimum atomic E-state index is -0.497. The molecule has 51 heavy (non-hydrogen) atoms. The van der Waals surface area contributed by atoms with Crippen LogP contribution in [0.1, 0.15) is 22.9 Å². The van der Waals surface area contributed by atoms with E-state index in [1.807, 2.05) is 18.2 Å². The zero-order valence-electron chi connectivity index (χ0n) is 27.6. The maximum Gasteiger partial charge on any atom is 0.170 e. The maximum atomic E-state index is 6.62. The first-order valence-corrected chi connectivity index (χ1v) is 17.3. The lowest BCUT2D eigenvalue weighted by Crippen LogP contribution is -2.36. The number of furan rings is 1. The minimum absolute atomic E-state index is 0.497. The van der Waals surface area contributed by atoms with Gasteiger partial charge in [-0.05, 0) is 62.5 Å². The summed E-state index contributed by atoms with van der Waals surface area (Å²) in [6, 6.07) is 61.6. The van der Waals surface area contributed by atoms with Gasteiger partial charge in [0, 0.05) is 33.0 Å². The van der Waals surface area contributed by atoms with Gasteiger partial charge >= 0.3 is 0 Å². The molecule has 0 radical (unpaired) electrons. The first-order valence-electron chi connectivity index (χ1n) is 17.3. The molecule has 0 spiro atoms. The number of rotatable bonds is 5. The van der Waals surface area contributed by atoms with Crippen molar-refractivity contribution in [2.45, 2.75) is 6.17 Å². The Morgan fingerprint density at radius 2 is 1.00 bits per heavy atom. The number of hydrogen-bond acceptors (Lipinski definition) is 4. The first kappa shape index (κ1) is 29.2. The van der Waals surface area contributed by atoms with Crippen molar-refractivity contribution in [3.05, 3.63) is 193 Å². The molecular weight excluding hydrogens is 623 g/mol. The predicted octanol–water partition coefficient (Wildman–Crippen LogP) is 11.7. The fourth-order valence-corrected chi connectivity index (χ4v) is 7.36. The highest BCUT2D eigenvalue weighted by atomic mass is 16.3. The van der Waals surface area contributed by atoms with Gasteiger partial charge in [0.2, 0.25) is 0 Å². The molecule has 4 nitrogen and oxygen atoms in total. The third-order valence-electron chi connectivity index (χ3n) is 9.90. The Kier molecular flexibility index (Phi) is 6.85. The highest BCUT2D eigenvalue weighted by molar-refractivity contribution is 6.18. The molecule has 240 valence electrons. The average Bonchev–Trinajstić information content (AvgIpc) is 3.60. The van der Waals surface area contributed by atoms with Gasteiger partial charge in [0.05, 0.1) is 0 Å². The largest absolute Gasteiger partial charge is 0.455 e. The number of nitrogens with zero attached hydrogens (tertiary/aromatic N) is 2. The van der Waals surface area contributed by atoms with Gasteiger partial charge in [-0.3, -0.25) is 0 Å². The van der Waals surface area contributed by atoms with Gasteiger partial charge in [-0.15, -0.1) is 0 Å². The fourth-order valence-electron chi connectivity index (χ4n) is 7.36. The van der Waals surface area contributed by atoms with Crippen LogP contribution < -0.4 is 5.32 Å². The van der Waals surface area contributed by atoms with E-state index in [0.29, 0.717) is 0 Å². The lowest BCUT2D eigenvalue weighted by Gasteiger charge is -2.23. The lowest BCUT2D eigenvalue weighted by molar-refractivity contribution is 0.668. The summed E-state index contributed by atoms with van der Waals surface area (Å²) >= 11 is 0. The maximum absolute atomic E-state index is 6.62. The summed E-state index contributed by atoms with van der Waals surface area (Å²) < 4.78 is 6.62. The number of hydrogen-bond donors (Lipinski definition) is 1. The van der Waals surface area contributed by atoms with Crippen molar-refractivity contribution >= 4 is 55.2 Å². The minimum Gasteiger partial charge on any atom is -0.455 e. The molecule has 4 heteroatoms. The number of amidine groups is 2. The predicted molar refractivity (Wildman–Crippen MR) is 211 cm³/mol. The summed E-state index contributed by atoms with van der Waals surface area (Å²) in [7, 11) is 0. The zero-order chi connectivity index (χ0) is 33.7. The second-order valence-corrected chi connectivity index (χ2v) is 13.0. The van der Waals surface area contributed by atoms with E-state index in [-0.39, 0.29) is 0 Å². The standard InChI is InChI=1S/C47H31N3O/c1-3-11-30(12-4-1)34-22-23-36-29-38(26-24-35(36)27-34)46-48-45(37-25-21-31-13-7-8-16-33(31)28-37)49-47(50-46)41-19-10-20-42-43(41)40-18-9-17-39(44(40)51-42)32-14-5-2-6-15-32/h1-29,47H,(H,48,49,50). The van der Waals surface area contributed by atoms with E-state index in [1.165, 1.54) is 21.9 Å². The van der Waals surface area contributed by atoms with Gasteiger partial charge in [-0.25, -0.2) is 9.98 Å². The molecule has 1 aliphatic heterocycles. The van der Waals surface area contributed by atoms with Crippen LogP contribution >= 0.6 is 0 Å².